The summed E-state index contributed by atoms with van der Waals surface area (Å²) in [6.45, 7) is 0. The normalized spacial score (nSPS) is 11.1. The van der Waals surface area contributed by atoms with Crippen LogP contribution in [0, 0.1) is 0 Å². The van der Waals surface area contributed by atoms with Crippen molar-refractivity contribution in [2.45, 2.75) is 25.7 Å². The molecule has 0 aliphatic heterocycles. The Labute approximate surface area is 177 Å². The summed E-state index contributed by atoms with van der Waals surface area (Å²) in [5.74, 6) is 0. The average molecular weight is 349 g/mol. The molecule has 0 nitrogen and oxygen atoms in total. The minimum absolute atomic E-state index is 0. The second-order valence-corrected chi connectivity index (χ2v) is 5.76. The summed E-state index contributed by atoms with van der Waals surface area (Å²) in [5.41, 5.74) is 7.34. The maximum Gasteiger partial charge on any atom is 1.00 e. The quantitative estimate of drug-likeness (QED) is 0.329. The SMILES string of the molecule is BrCCCCc1ccc2c(c1)-c1ccccc1C2.[H-].[H-].[Na+].[Na+]. The zero-order valence-corrected chi connectivity index (χ0v) is 18.0. The molecule has 96 valence electrons. The topological polar surface area (TPSA) is 0 Å². The fourth-order valence-electron chi connectivity index (χ4n) is 2.75. The Morgan fingerprint density at radius 2 is 1.65 bits per heavy atom. The predicted octanol–water partition coefficient (Wildman–Crippen LogP) is -0.792. The van der Waals surface area contributed by atoms with Crippen LogP contribution < -0.4 is 59.1 Å². The van der Waals surface area contributed by atoms with Gasteiger partial charge in [-0.05, 0) is 53.5 Å². The van der Waals surface area contributed by atoms with E-state index in [2.05, 4.69) is 58.4 Å². The van der Waals surface area contributed by atoms with Gasteiger partial charge in [0.25, 0.3) is 0 Å². The van der Waals surface area contributed by atoms with Crippen molar-refractivity contribution >= 4 is 15.9 Å². The van der Waals surface area contributed by atoms with E-state index in [1.165, 1.54) is 47.1 Å². The van der Waals surface area contributed by atoms with Crippen LogP contribution in [0.5, 0.6) is 0 Å². The molecule has 0 fully saturated rings. The van der Waals surface area contributed by atoms with Crippen LogP contribution in [0.3, 0.4) is 0 Å². The molecular formula is C17H19BrNa2. The fourth-order valence-corrected chi connectivity index (χ4v) is 3.15. The second kappa shape index (κ2) is 9.15. The van der Waals surface area contributed by atoms with Crippen LogP contribution in [0.25, 0.3) is 11.1 Å². The third-order valence-corrected chi connectivity index (χ3v) is 4.27. The first kappa shape index (κ1) is 19.0. The van der Waals surface area contributed by atoms with E-state index < -0.39 is 0 Å². The van der Waals surface area contributed by atoms with E-state index >= 15 is 0 Å². The Morgan fingerprint density at radius 1 is 0.900 bits per heavy atom. The van der Waals surface area contributed by atoms with Gasteiger partial charge >= 0.3 is 59.1 Å². The number of aryl methyl sites for hydroxylation is 1. The van der Waals surface area contributed by atoms with Gasteiger partial charge in [0.2, 0.25) is 0 Å². The van der Waals surface area contributed by atoms with Crippen molar-refractivity contribution in [3.63, 3.8) is 0 Å². The number of unbranched alkanes of at least 4 members (excludes halogenated alkanes) is 1. The van der Waals surface area contributed by atoms with Crippen molar-refractivity contribution in [2.24, 2.45) is 0 Å². The van der Waals surface area contributed by atoms with Gasteiger partial charge in [-0.2, -0.15) is 0 Å². The molecule has 0 aromatic heterocycles. The summed E-state index contributed by atoms with van der Waals surface area (Å²) in [7, 11) is 0. The van der Waals surface area contributed by atoms with Gasteiger partial charge in [0.15, 0.2) is 0 Å². The number of hydrogen-bond acceptors (Lipinski definition) is 0. The maximum absolute atomic E-state index is 3.49. The molecule has 0 bridgehead atoms. The van der Waals surface area contributed by atoms with Gasteiger partial charge < -0.3 is 2.85 Å². The Balaban J connectivity index is 0. The van der Waals surface area contributed by atoms with E-state index in [9.17, 15) is 0 Å². The van der Waals surface area contributed by atoms with Crippen LogP contribution in [0.1, 0.15) is 32.4 Å². The molecule has 0 spiro atoms. The summed E-state index contributed by atoms with van der Waals surface area (Å²) < 4.78 is 0. The summed E-state index contributed by atoms with van der Waals surface area (Å²) in [5, 5.41) is 1.11. The fraction of sp³-hybridized carbons (Fsp3) is 0.294. The van der Waals surface area contributed by atoms with Crippen LogP contribution in [0.4, 0.5) is 0 Å². The Hall–Kier alpha value is 0.920. The third-order valence-electron chi connectivity index (χ3n) is 3.71. The number of benzene rings is 2. The first-order valence-corrected chi connectivity index (χ1v) is 7.76. The van der Waals surface area contributed by atoms with Crippen molar-refractivity contribution < 1.29 is 62.0 Å². The number of rotatable bonds is 4. The van der Waals surface area contributed by atoms with Gasteiger partial charge in [-0.25, -0.2) is 0 Å². The maximum atomic E-state index is 3.49. The van der Waals surface area contributed by atoms with Crippen molar-refractivity contribution in [3.05, 3.63) is 59.2 Å². The third kappa shape index (κ3) is 4.23. The molecule has 2 aromatic rings. The van der Waals surface area contributed by atoms with Crippen LogP contribution in [0.2, 0.25) is 0 Å². The summed E-state index contributed by atoms with van der Waals surface area (Å²) in [6.07, 6.45) is 4.83. The van der Waals surface area contributed by atoms with Gasteiger partial charge in [-0.3, -0.25) is 0 Å². The smallest absolute Gasteiger partial charge is 1.00 e. The van der Waals surface area contributed by atoms with Crippen LogP contribution in [-0.2, 0) is 12.8 Å². The molecule has 0 heterocycles. The molecule has 3 rings (SSSR count). The number of halogens is 1. The Morgan fingerprint density at radius 3 is 2.45 bits per heavy atom. The van der Waals surface area contributed by atoms with Crippen molar-refractivity contribution in [2.75, 3.05) is 5.33 Å². The Bertz CT molecular complexity index is 576. The van der Waals surface area contributed by atoms with Crippen molar-refractivity contribution in [1.82, 2.24) is 0 Å². The first-order valence-electron chi connectivity index (χ1n) is 6.64. The largest absolute Gasteiger partial charge is 1.00 e. The van der Waals surface area contributed by atoms with Gasteiger partial charge in [0.1, 0.15) is 0 Å². The van der Waals surface area contributed by atoms with E-state index in [4.69, 9.17) is 0 Å². The van der Waals surface area contributed by atoms with Gasteiger partial charge in [0.05, 0.1) is 0 Å². The van der Waals surface area contributed by atoms with Crippen LogP contribution in [-0.4, -0.2) is 5.33 Å². The van der Waals surface area contributed by atoms with Crippen LogP contribution >= 0.6 is 15.9 Å². The zero-order chi connectivity index (χ0) is 12.4. The molecule has 2 aromatic carbocycles. The molecule has 1 aliphatic carbocycles. The van der Waals surface area contributed by atoms with Gasteiger partial charge in [-0.1, -0.05) is 58.4 Å². The van der Waals surface area contributed by atoms with Crippen molar-refractivity contribution in [1.29, 1.82) is 0 Å². The molecule has 20 heavy (non-hydrogen) atoms. The van der Waals surface area contributed by atoms with E-state index in [0.29, 0.717) is 0 Å². The van der Waals surface area contributed by atoms with E-state index in [0.717, 1.165) is 11.8 Å². The minimum atomic E-state index is 0. The van der Waals surface area contributed by atoms with Crippen LogP contribution in [0.15, 0.2) is 42.5 Å². The molecule has 3 heteroatoms. The summed E-state index contributed by atoms with van der Waals surface area (Å²) >= 11 is 3.49. The summed E-state index contributed by atoms with van der Waals surface area (Å²) in [6, 6.07) is 15.8. The standard InChI is InChI=1S/C17H17Br.2Na.2H/c18-10-4-3-5-13-8-9-15-12-14-6-1-2-7-16(14)17(15)11-13;;;;/h1-2,6-9,11H,3-5,10,12H2;;;;/q;2*+1;2*-1. The molecule has 0 saturated carbocycles. The number of fused-ring (bicyclic) bond motifs is 3. The average Bonchev–Trinajstić information content (AvgIpc) is 2.77. The first-order chi connectivity index (χ1) is 8.88. The Kier molecular flexibility index (Phi) is 8.68. The van der Waals surface area contributed by atoms with Crippen molar-refractivity contribution in [3.8, 4) is 11.1 Å². The zero-order valence-electron chi connectivity index (χ0n) is 14.5. The predicted molar refractivity (Wildman–Crippen MR) is 83.6 cm³/mol. The van der Waals surface area contributed by atoms with E-state index in [-0.39, 0.29) is 62.0 Å². The summed E-state index contributed by atoms with van der Waals surface area (Å²) in [4.78, 5) is 0. The number of alkyl halides is 1. The van der Waals surface area contributed by atoms with Gasteiger partial charge in [-0.15, -0.1) is 0 Å². The molecule has 0 unspecified atom stereocenters. The molecular weight excluding hydrogens is 330 g/mol. The molecule has 0 amide bonds. The number of hydrogen-bond donors (Lipinski definition) is 0. The molecule has 0 radical (unpaired) electrons. The van der Waals surface area contributed by atoms with Gasteiger partial charge in [0, 0.05) is 5.33 Å². The minimum Gasteiger partial charge on any atom is -1.00 e. The van der Waals surface area contributed by atoms with E-state index in [1.54, 1.807) is 0 Å². The van der Waals surface area contributed by atoms with E-state index in [1.807, 2.05) is 0 Å². The second-order valence-electron chi connectivity index (χ2n) is 4.97. The monoisotopic (exact) mass is 348 g/mol. The molecule has 0 saturated heterocycles. The molecule has 0 atom stereocenters. The molecule has 0 N–H and O–H groups in total. The molecule has 1 aliphatic rings.